The van der Waals surface area contributed by atoms with Crippen molar-refractivity contribution in [3.63, 3.8) is 0 Å². The molecule has 0 aliphatic heterocycles. The molecule has 0 fully saturated rings. The zero-order valence-electron chi connectivity index (χ0n) is 10.3. The summed E-state index contributed by atoms with van der Waals surface area (Å²) < 4.78 is 37.4. The number of nitrogens with one attached hydrogen (secondary N) is 1. The van der Waals surface area contributed by atoms with E-state index < -0.39 is 18.8 Å². The number of aromatic nitrogens is 1. The number of nitrogens with zero attached hydrogens (tertiary/aromatic N) is 1. The van der Waals surface area contributed by atoms with Crippen molar-refractivity contribution in [2.45, 2.75) is 18.8 Å². The molecule has 2 aromatic rings. The maximum absolute atomic E-state index is 12.2. The SMILES string of the molecule is OC(CNCc1ccc(Br)c2cccnc12)C(F)(F)F. The van der Waals surface area contributed by atoms with Crippen molar-refractivity contribution in [1.82, 2.24) is 10.3 Å². The zero-order valence-corrected chi connectivity index (χ0v) is 11.9. The number of benzene rings is 1. The fourth-order valence-electron chi connectivity index (χ4n) is 1.80. The first-order chi connectivity index (χ1) is 9.39. The molecule has 1 unspecified atom stereocenters. The number of hydrogen-bond donors (Lipinski definition) is 2. The fraction of sp³-hybridized carbons (Fsp3) is 0.308. The van der Waals surface area contributed by atoms with E-state index in [1.807, 2.05) is 12.1 Å². The maximum Gasteiger partial charge on any atom is 0.415 e. The Hall–Kier alpha value is -1.18. The zero-order chi connectivity index (χ0) is 14.8. The molecule has 1 heterocycles. The molecule has 0 saturated heterocycles. The number of halogens is 4. The molecule has 0 amide bonds. The van der Waals surface area contributed by atoms with Crippen LogP contribution in [0.5, 0.6) is 0 Å². The van der Waals surface area contributed by atoms with Gasteiger partial charge in [-0.15, -0.1) is 0 Å². The highest BCUT2D eigenvalue weighted by Gasteiger charge is 2.37. The van der Waals surface area contributed by atoms with E-state index in [-0.39, 0.29) is 6.54 Å². The van der Waals surface area contributed by atoms with Crippen LogP contribution in [0.25, 0.3) is 10.9 Å². The van der Waals surface area contributed by atoms with E-state index >= 15 is 0 Å². The largest absolute Gasteiger partial charge is 0.415 e. The predicted octanol–water partition coefficient (Wildman–Crippen LogP) is 3.01. The monoisotopic (exact) mass is 348 g/mol. The van der Waals surface area contributed by atoms with Gasteiger partial charge in [-0.1, -0.05) is 28.1 Å². The van der Waals surface area contributed by atoms with Gasteiger partial charge in [0, 0.05) is 29.1 Å². The number of rotatable bonds is 4. The summed E-state index contributed by atoms with van der Waals surface area (Å²) in [6.45, 7) is -0.345. The van der Waals surface area contributed by atoms with Gasteiger partial charge in [-0.3, -0.25) is 4.98 Å². The van der Waals surface area contributed by atoms with Crippen LogP contribution in [0.2, 0.25) is 0 Å². The van der Waals surface area contributed by atoms with Crippen LogP contribution in [0.4, 0.5) is 13.2 Å². The lowest BCUT2D eigenvalue weighted by Gasteiger charge is -2.15. The van der Waals surface area contributed by atoms with Gasteiger partial charge in [0.15, 0.2) is 6.10 Å². The second-order valence-corrected chi connectivity index (χ2v) is 5.15. The summed E-state index contributed by atoms with van der Waals surface area (Å²) in [4.78, 5) is 4.23. The summed E-state index contributed by atoms with van der Waals surface area (Å²) in [7, 11) is 0. The number of pyridine rings is 1. The van der Waals surface area contributed by atoms with Crippen molar-refractivity contribution in [3.8, 4) is 0 Å². The van der Waals surface area contributed by atoms with Crippen molar-refractivity contribution >= 4 is 26.8 Å². The van der Waals surface area contributed by atoms with Crippen LogP contribution < -0.4 is 5.32 Å². The molecule has 20 heavy (non-hydrogen) atoms. The van der Waals surface area contributed by atoms with E-state index in [4.69, 9.17) is 5.11 Å². The van der Waals surface area contributed by atoms with Crippen LogP contribution in [0, 0.1) is 0 Å². The minimum atomic E-state index is -4.60. The fourth-order valence-corrected chi connectivity index (χ4v) is 2.25. The highest BCUT2D eigenvalue weighted by atomic mass is 79.9. The van der Waals surface area contributed by atoms with E-state index in [0.717, 1.165) is 20.9 Å². The van der Waals surface area contributed by atoms with Gasteiger partial charge in [0.2, 0.25) is 0 Å². The number of aliphatic hydroxyl groups is 1. The van der Waals surface area contributed by atoms with Crippen molar-refractivity contribution in [1.29, 1.82) is 0 Å². The Balaban J connectivity index is 2.10. The molecule has 0 aliphatic rings. The number of aliphatic hydroxyl groups excluding tert-OH is 1. The van der Waals surface area contributed by atoms with Gasteiger partial charge in [0.1, 0.15) is 0 Å². The second-order valence-electron chi connectivity index (χ2n) is 4.29. The highest BCUT2D eigenvalue weighted by Crippen LogP contribution is 2.25. The van der Waals surface area contributed by atoms with E-state index in [1.165, 1.54) is 0 Å². The molecule has 1 atom stereocenters. The van der Waals surface area contributed by atoms with Gasteiger partial charge in [0.05, 0.1) is 5.52 Å². The third-order valence-corrected chi connectivity index (χ3v) is 3.52. The number of alkyl halides is 3. The molecule has 2 N–H and O–H groups in total. The van der Waals surface area contributed by atoms with Crippen LogP contribution >= 0.6 is 15.9 Å². The summed E-state index contributed by atoms with van der Waals surface area (Å²) >= 11 is 3.40. The molecule has 7 heteroatoms. The van der Waals surface area contributed by atoms with Gasteiger partial charge in [-0.2, -0.15) is 13.2 Å². The van der Waals surface area contributed by atoms with Gasteiger partial charge in [-0.25, -0.2) is 0 Å². The lowest BCUT2D eigenvalue weighted by atomic mass is 10.1. The Morgan fingerprint density at radius 1 is 1.30 bits per heavy atom. The smallest absolute Gasteiger partial charge is 0.382 e. The van der Waals surface area contributed by atoms with Gasteiger partial charge in [-0.05, 0) is 17.7 Å². The van der Waals surface area contributed by atoms with Crippen molar-refractivity contribution in [2.75, 3.05) is 6.54 Å². The lowest BCUT2D eigenvalue weighted by molar-refractivity contribution is -0.201. The minimum Gasteiger partial charge on any atom is -0.382 e. The molecule has 0 aliphatic carbocycles. The van der Waals surface area contributed by atoms with E-state index in [0.29, 0.717) is 0 Å². The van der Waals surface area contributed by atoms with Crippen molar-refractivity contribution in [3.05, 3.63) is 40.5 Å². The topological polar surface area (TPSA) is 45.1 Å². The first kappa shape index (κ1) is 15.2. The molecule has 108 valence electrons. The average molecular weight is 349 g/mol. The number of hydrogen-bond acceptors (Lipinski definition) is 3. The lowest BCUT2D eigenvalue weighted by Crippen LogP contribution is -2.38. The molecule has 0 bridgehead atoms. The van der Waals surface area contributed by atoms with E-state index in [2.05, 4.69) is 26.2 Å². The first-order valence-electron chi connectivity index (χ1n) is 5.87. The van der Waals surface area contributed by atoms with Crippen LogP contribution in [0.15, 0.2) is 34.9 Å². The molecule has 0 spiro atoms. The Bertz CT molecular complexity index is 604. The third-order valence-electron chi connectivity index (χ3n) is 2.83. The molecule has 3 nitrogen and oxygen atoms in total. The van der Waals surface area contributed by atoms with Gasteiger partial charge < -0.3 is 10.4 Å². The molecule has 0 saturated carbocycles. The predicted molar refractivity (Wildman–Crippen MR) is 73.2 cm³/mol. The highest BCUT2D eigenvalue weighted by molar-refractivity contribution is 9.10. The molecule has 0 radical (unpaired) electrons. The van der Waals surface area contributed by atoms with Crippen LogP contribution in [-0.4, -0.2) is 28.9 Å². The van der Waals surface area contributed by atoms with E-state index in [1.54, 1.807) is 18.3 Å². The van der Waals surface area contributed by atoms with Gasteiger partial charge in [0.25, 0.3) is 0 Å². The van der Waals surface area contributed by atoms with Crippen LogP contribution in [0.3, 0.4) is 0 Å². The maximum atomic E-state index is 12.2. The van der Waals surface area contributed by atoms with Gasteiger partial charge >= 0.3 is 6.18 Å². The Morgan fingerprint density at radius 3 is 2.75 bits per heavy atom. The first-order valence-corrected chi connectivity index (χ1v) is 6.66. The Morgan fingerprint density at radius 2 is 2.05 bits per heavy atom. The summed E-state index contributed by atoms with van der Waals surface area (Å²) in [5.41, 5.74) is 1.49. The van der Waals surface area contributed by atoms with Crippen LogP contribution in [-0.2, 0) is 6.54 Å². The summed E-state index contributed by atoms with van der Waals surface area (Å²) in [6, 6.07) is 7.27. The van der Waals surface area contributed by atoms with Crippen molar-refractivity contribution in [2.24, 2.45) is 0 Å². The molecule has 1 aromatic heterocycles. The Kier molecular flexibility index (Phi) is 4.62. The Labute approximate surface area is 122 Å². The molecular weight excluding hydrogens is 337 g/mol. The molecular formula is C13H12BrF3N2O. The molecule has 2 rings (SSSR count). The van der Waals surface area contributed by atoms with Crippen LogP contribution in [0.1, 0.15) is 5.56 Å². The average Bonchev–Trinajstić information content (AvgIpc) is 2.40. The van der Waals surface area contributed by atoms with Crippen molar-refractivity contribution < 1.29 is 18.3 Å². The third kappa shape index (κ3) is 3.47. The summed E-state index contributed by atoms with van der Waals surface area (Å²) in [6.07, 6.45) is -5.34. The minimum absolute atomic E-state index is 0.202. The molecule has 1 aromatic carbocycles. The quantitative estimate of drug-likeness (QED) is 0.892. The normalized spacial score (nSPS) is 13.7. The summed E-state index contributed by atoms with van der Waals surface area (Å²) in [5, 5.41) is 12.4. The summed E-state index contributed by atoms with van der Waals surface area (Å²) in [5.74, 6) is 0. The second kappa shape index (κ2) is 6.07. The number of fused-ring (bicyclic) bond motifs is 1. The standard InChI is InChI=1S/C13H12BrF3N2O/c14-10-4-3-8(12-9(10)2-1-5-19-12)6-18-7-11(20)13(15,16)17/h1-5,11,18,20H,6-7H2. The van der Waals surface area contributed by atoms with E-state index in [9.17, 15) is 13.2 Å².